The van der Waals surface area contributed by atoms with Gasteiger partial charge >= 0.3 is 5.97 Å². The molecule has 5 nitrogen and oxygen atoms in total. The van der Waals surface area contributed by atoms with Crippen LogP contribution in [0.5, 0.6) is 0 Å². The van der Waals surface area contributed by atoms with Crippen molar-refractivity contribution in [3.8, 4) is 11.3 Å². The van der Waals surface area contributed by atoms with Gasteiger partial charge < -0.3 is 19.4 Å². The van der Waals surface area contributed by atoms with Gasteiger partial charge in [0, 0.05) is 11.1 Å². The van der Waals surface area contributed by atoms with E-state index in [0.717, 1.165) is 0 Å². The van der Waals surface area contributed by atoms with Gasteiger partial charge in [-0.2, -0.15) is 0 Å². The number of ether oxygens (including phenoxy) is 1. The Morgan fingerprint density at radius 3 is 2.27 bits per heavy atom. The zero-order valence-electron chi connectivity index (χ0n) is 13.8. The maximum absolute atomic E-state index is 13.3. The number of esters is 1. The van der Waals surface area contributed by atoms with Crippen LogP contribution in [0.25, 0.3) is 11.3 Å². The van der Waals surface area contributed by atoms with E-state index in [-0.39, 0.29) is 22.6 Å². The summed E-state index contributed by atoms with van der Waals surface area (Å²) in [7, 11) is 1.22. The van der Waals surface area contributed by atoms with Gasteiger partial charge in [0.2, 0.25) is 0 Å². The molecule has 0 saturated heterocycles. The van der Waals surface area contributed by atoms with Gasteiger partial charge in [-0.25, -0.2) is 9.18 Å². The number of aliphatic hydroxyl groups is 2. The van der Waals surface area contributed by atoms with Crippen LogP contribution in [0.1, 0.15) is 45.0 Å². The summed E-state index contributed by atoms with van der Waals surface area (Å²) in [5.74, 6) is -0.944. The van der Waals surface area contributed by atoms with Crippen molar-refractivity contribution in [3.63, 3.8) is 0 Å². The van der Waals surface area contributed by atoms with Crippen LogP contribution in [0, 0.1) is 5.82 Å². The predicted octanol–water partition coefficient (Wildman–Crippen LogP) is 3.35. The summed E-state index contributed by atoms with van der Waals surface area (Å²) in [6.45, 7) is 0. The summed E-state index contributed by atoms with van der Waals surface area (Å²) >= 11 is 0. The second-order valence-electron chi connectivity index (χ2n) is 6.02. The third-order valence-electron chi connectivity index (χ3n) is 4.58. The second-order valence-corrected chi connectivity index (χ2v) is 6.02. The minimum Gasteiger partial charge on any atom is -0.465 e. The van der Waals surface area contributed by atoms with Crippen molar-refractivity contribution < 1.29 is 28.6 Å². The van der Waals surface area contributed by atoms with Gasteiger partial charge in [-0.15, -0.1) is 0 Å². The van der Waals surface area contributed by atoms with E-state index in [0.29, 0.717) is 16.7 Å². The zero-order chi connectivity index (χ0) is 18.4. The summed E-state index contributed by atoms with van der Waals surface area (Å²) in [6, 6.07) is 12.2. The summed E-state index contributed by atoms with van der Waals surface area (Å²) in [5.41, 5.74) is 1.62. The highest BCUT2D eigenvalue weighted by Crippen LogP contribution is 2.47. The molecule has 0 spiro atoms. The van der Waals surface area contributed by atoms with Crippen LogP contribution in [0.4, 0.5) is 4.39 Å². The molecule has 2 N–H and O–H groups in total. The highest BCUT2D eigenvalue weighted by Gasteiger charge is 2.39. The molecule has 6 heteroatoms. The molecule has 3 aromatic rings. The molecule has 1 heterocycles. The second kappa shape index (κ2) is 6.09. The topological polar surface area (TPSA) is 79.9 Å². The maximum atomic E-state index is 13.3. The molecule has 0 bridgehead atoms. The molecule has 0 aliphatic heterocycles. The van der Waals surface area contributed by atoms with E-state index in [2.05, 4.69) is 0 Å². The monoisotopic (exact) mass is 354 g/mol. The van der Waals surface area contributed by atoms with Crippen molar-refractivity contribution in [2.45, 2.75) is 12.2 Å². The molecular formula is C20H15FO5. The first kappa shape index (κ1) is 16.5. The Bertz CT molecular complexity index is 990. The zero-order valence-corrected chi connectivity index (χ0v) is 13.8. The number of furan rings is 1. The summed E-state index contributed by atoms with van der Waals surface area (Å²) in [6.07, 6.45) is -2.29. The molecule has 0 radical (unpaired) electrons. The Morgan fingerprint density at radius 1 is 1.04 bits per heavy atom. The van der Waals surface area contributed by atoms with Gasteiger partial charge in [0.05, 0.1) is 7.11 Å². The van der Waals surface area contributed by atoms with Crippen LogP contribution >= 0.6 is 0 Å². The lowest BCUT2D eigenvalue weighted by molar-refractivity contribution is 0.0595. The number of carbonyl (C=O) groups is 1. The largest absolute Gasteiger partial charge is 0.465 e. The molecule has 1 aliphatic carbocycles. The fourth-order valence-corrected chi connectivity index (χ4v) is 3.35. The lowest BCUT2D eigenvalue weighted by Gasteiger charge is -2.25. The first-order valence-electron chi connectivity index (χ1n) is 7.98. The Morgan fingerprint density at radius 2 is 1.65 bits per heavy atom. The molecule has 1 aromatic heterocycles. The SMILES string of the molecule is COC(=O)c1c(-c2ccc(F)cc2)oc2c1C(O)c1ccccc1C2O. The van der Waals surface area contributed by atoms with Gasteiger partial charge in [0.15, 0.2) is 0 Å². The molecule has 0 saturated carbocycles. The molecule has 1 aliphatic rings. The van der Waals surface area contributed by atoms with E-state index in [1.807, 2.05) is 0 Å². The van der Waals surface area contributed by atoms with E-state index in [1.54, 1.807) is 24.3 Å². The highest BCUT2D eigenvalue weighted by atomic mass is 19.1. The average Bonchev–Trinajstić information content (AvgIpc) is 3.07. The molecule has 132 valence electrons. The van der Waals surface area contributed by atoms with Gasteiger partial charge in [-0.1, -0.05) is 24.3 Å². The summed E-state index contributed by atoms with van der Waals surface area (Å²) < 4.78 is 23.9. The lowest BCUT2D eigenvalue weighted by Crippen LogP contribution is -2.19. The van der Waals surface area contributed by atoms with Crippen LogP contribution in [0.2, 0.25) is 0 Å². The first-order valence-corrected chi connectivity index (χ1v) is 7.98. The quantitative estimate of drug-likeness (QED) is 0.690. The summed E-state index contributed by atoms with van der Waals surface area (Å²) in [4.78, 5) is 12.4. The van der Waals surface area contributed by atoms with Gasteiger partial charge in [0.1, 0.15) is 35.1 Å². The van der Waals surface area contributed by atoms with Crippen LogP contribution in [0.3, 0.4) is 0 Å². The van der Waals surface area contributed by atoms with Crippen molar-refractivity contribution >= 4 is 5.97 Å². The minimum absolute atomic E-state index is 0.0233. The Labute approximate surface area is 148 Å². The van der Waals surface area contributed by atoms with E-state index >= 15 is 0 Å². The molecule has 0 amide bonds. The molecule has 26 heavy (non-hydrogen) atoms. The van der Waals surface area contributed by atoms with Crippen molar-refractivity contribution in [1.29, 1.82) is 0 Å². The van der Waals surface area contributed by atoms with Crippen molar-refractivity contribution in [2.24, 2.45) is 0 Å². The van der Waals surface area contributed by atoms with E-state index < -0.39 is 24.0 Å². The maximum Gasteiger partial charge on any atom is 0.342 e. The average molecular weight is 354 g/mol. The standard InChI is InChI=1S/C20H15FO5/c1-25-20(24)15-14-16(22)12-4-2-3-5-13(12)17(23)19(14)26-18(15)10-6-8-11(21)9-7-10/h2-9,16-17,22-23H,1H3. The normalized spacial score (nSPS) is 18.2. The van der Waals surface area contributed by atoms with Crippen LogP contribution < -0.4 is 0 Å². The summed E-state index contributed by atoms with van der Waals surface area (Å²) in [5, 5.41) is 21.5. The van der Waals surface area contributed by atoms with E-state index in [4.69, 9.17) is 9.15 Å². The van der Waals surface area contributed by atoms with E-state index in [1.165, 1.54) is 31.4 Å². The number of benzene rings is 2. The number of aliphatic hydroxyl groups excluding tert-OH is 2. The predicted molar refractivity (Wildman–Crippen MR) is 90.0 cm³/mol. The fourth-order valence-electron chi connectivity index (χ4n) is 3.35. The van der Waals surface area contributed by atoms with Gasteiger partial charge in [0.25, 0.3) is 0 Å². The minimum atomic E-state index is -1.16. The number of methoxy groups -OCH3 is 1. The number of halogens is 1. The molecule has 4 rings (SSSR count). The van der Waals surface area contributed by atoms with Crippen LogP contribution in [0.15, 0.2) is 52.9 Å². The lowest BCUT2D eigenvalue weighted by atomic mass is 9.84. The van der Waals surface area contributed by atoms with E-state index in [9.17, 15) is 19.4 Å². The van der Waals surface area contributed by atoms with Crippen molar-refractivity contribution in [2.75, 3.05) is 7.11 Å². The van der Waals surface area contributed by atoms with Crippen LogP contribution in [-0.4, -0.2) is 23.3 Å². The molecule has 0 fully saturated rings. The highest BCUT2D eigenvalue weighted by molar-refractivity contribution is 5.98. The number of rotatable bonds is 2. The Hall–Kier alpha value is -2.96. The molecule has 2 unspecified atom stereocenters. The number of fused-ring (bicyclic) bond motifs is 2. The Balaban J connectivity index is 1.99. The Kier molecular flexibility index (Phi) is 3.86. The number of hydrogen-bond donors (Lipinski definition) is 2. The first-order chi connectivity index (χ1) is 12.5. The fraction of sp³-hybridized carbons (Fsp3) is 0.150. The third-order valence-corrected chi connectivity index (χ3v) is 4.58. The molecule has 2 aromatic carbocycles. The van der Waals surface area contributed by atoms with Crippen molar-refractivity contribution in [3.05, 3.63) is 82.4 Å². The molecular weight excluding hydrogens is 339 g/mol. The van der Waals surface area contributed by atoms with Crippen molar-refractivity contribution in [1.82, 2.24) is 0 Å². The smallest absolute Gasteiger partial charge is 0.342 e. The van der Waals surface area contributed by atoms with Crippen LogP contribution in [-0.2, 0) is 4.74 Å². The number of hydrogen-bond acceptors (Lipinski definition) is 5. The van der Waals surface area contributed by atoms with Gasteiger partial charge in [-0.3, -0.25) is 0 Å². The third kappa shape index (κ3) is 2.34. The number of carbonyl (C=O) groups excluding carboxylic acids is 1. The van der Waals surface area contributed by atoms with Gasteiger partial charge in [-0.05, 0) is 35.4 Å². The molecule has 2 atom stereocenters.